The number of carbonyl (C=O) groups is 1. The van der Waals surface area contributed by atoms with Gasteiger partial charge in [-0.25, -0.2) is 0 Å². The molecule has 3 nitrogen and oxygen atoms in total. The predicted octanol–water partition coefficient (Wildman–Crippen LogP) is -3.70. The van der Waals surface area contributed by atoms with E-state index in [2.05, 4.69) is 4.74 Å². The fourth-order valence-electron chi connectivity index (χ4n) is 0.560. The van der Waals surface area contributed by atoms with Gasteiger partial charge in [0.25, 0.3) is 0 Å². The minimum absolute atomic E-state index is 0.131. The Morgan fingerprint density at radius 2 is 2.62 bits per heavy atom. The first kappa shape index (κ1) is 6.28. The molecule has 1 aliphatic heterocycles. The van der Waals surface area contributed by atoms with Gasteiger partial charge in [0.05, 0.1) is 0 Å². The molecule has 0 amide bonds. The molecule has 1 saturated heterocycles. The van der Waals surface area contributed by atoms with Gasteiger partial charge >= 0.3 is 57.5 Å². The third-order valence-corrected chi connectivity index (χ3v) is 2.79. The number of ether oxygens (including phenoxy) is 1. The summed E-state index contributed by atoms with van der Waals surface area (Å²) in [6.07, 6.45) is 0.725. The molecule has 1 N–H and O–H groups in total. The van der Waals surface area contributed by atoms with E-state index in [0.717, 1.165) is 6.42 Å². The molecule has 1 fully saturated rings. The van der Waals surface area contributed by atoms with Gasteiger partial charge < -0.3 is 0 Å². The molecule has 0 aromatic heterocycles. The Balaban J connectivity index is 2.42. The van der Waals surface area contributed by atoms with Crippen LogP contribution >= 0.6 is 0 Å². The van der Waals surface area contributed by atoms with E-state index in [4.69, 9.17) is 3.44 Å². The molecule has 1 heterocycles. The predicted molar refractivity (Wildman–Crippen MR) is 21.6 cm³/mol. The van der Waals surface area contributed by atoms with Crippen LogP contribution in [0.5, 0.6) is 0 Å². The van der Waals surface area contributed by atoms with Crippen molar-refractivity contribution in [1.29, 1.82) is 0 Å². The van der Waals surface area contributed by atoms with Crippen molar-refractivity contribution < 1.29 is 34.6 Å². The van der Waals surface area contributed by atoms with Gasteiger partial charge in [-0.3, -0.25) is 0 Å². The molecule has 1 aliphatic rings. The van der Waals surface area contributed by atoms with Gasteiger partial charge in [0.2, 0.25) is 0 Å². The zero-order chi connectivity index (χ0) is 5.98. The zero-order valence-electron chi connectivity index (χ0n) is 4.13. The van der Waals surface area contributed by atoms with Crippen molar-refractivity contribution in [2.45, 2.75) is 10.3 Å². The number of rotatable bonds is 1. The molecule has 8 heavy (non-hydrogen) atoms. The van der Waals surface area contributed by atoms with Gasteiger partial charge in [0, 0.05) is 0 Å². The maximum atomic E-state index is 10.5. The van der Waals surface area contributed by atoms with Crippen LogP contribution < -0.4 is 21.6 Å². The summed E-state index contributed by atoms with van der Waals surface area (Å²) in [4.78, 5) is 10.5. The fraction of sp³-hybridized carbons (Fsp3) is 0.750. The molecule has 0 aliphatic carbocycles. The van der Waals surface area contributed by atoms with E-state index in [0.29, 0.717) is 6.61 Å². The fourth-order valence-corrected chi connectivity index (χ4v) is 1.50. The average Bonchev–Trinajstić information content (AvgIpc) is 2.14. The first-order chi connectivity index (χ1) is 3.84. The molecule has 1 unspecified atom stereocenters. The van der Waals surface area contributed by atoms with Crippen molar-refractivity contribution in [3.05, 3.63) is 0 Å². The average molecular weight is 229 g/mol. The number of halogens is 1. The Bertz CT molecular complexity index is 103. The molecule has 0 radical (unpaired) electrons. The summed E-state index contributed by atoms with van der Waals surface area (Å²) in [6.45, 7) is 0.504. The van der Waals surface area contributed by atoms with Crippen molar-refractivity contribution in [2.75, 3.05) is 6.61 Å². The van der Waals surface area contributed by atoms with Crippen LogP contribution in [-0.2, 0) is 9.53 Å². The van der Waals surface area contributed by atoms with Crippen LogP contribution in [0.3, 0.4) is 0 Å². The topological polar surface area (TPSA) is 46.5 Å². The van der Waals surface area contributed by atoms with Gasteiger partial charge in [-0.1, -0.05) is 0 Å². The van der Waals surface area contributed by atoms with Crippen LogP contribution in [0, 0.1) is 0 Å². The number of cyclic esters (lactones) is 1. The van der Waals surface area contributed by atoms with E-state index in [-0.39, 0.29) is 9.89 Å². The second-order valence-electron chi connectivity index (χ2n) is 1.52. The summed E-state index contributed by atoms with van der Waals surface area (Å²) >= 11 is -0.911. The standard InChI is InChI=1S/C4H6IO3/c6-4-3(5-7)1-2-8-4/h3,7H,1-2H2/q-1. The third kappa shape index (κ3) is 1.11. The van der Waals surface area contributed by atoms with Crippen molar-refractivity contribution in [3.63, 3.8) is 0 Å². The summed E-state index contributed by atoms with van der Waals surface area (Å²) in [5.41, 5.74) is 0. The minimum atomic E-state index is -0.911. The number of esters is 1. The van der Waals surface area contributed by atoms with Crippen LogP contribution in [-0.4, -0.2) is 19.9 Å². The normalized spacial score (nSPS) is 28.6. The Kier molecular flexibility index (Phi) is 2.07. The van der Waals surface area contributed by atoms with Crippen LogP contribution in [0.2, 0.25) is 0 Å². The van der Waals surface area contributed by atoms with Crippen molar-refractivity contribution in [3.8, 4) is 0 Å². The van der Waals surface area contributed by atoms with Crippen LogP contribution in [0.1, 0.15) is 6.42 Å². The quantitative estimate of drug-likeness (QED) is 0.286. The SMILES string of the molecule is O=C1OCCC1[I-]O. The Morgan fingerprint density at radius 1 is 1.88 bits per heavy atom. The summed E-state index contributed by atoms with van der Waals surface area (Å²) in [5.74, 6) is -0.208. The molecule has 4 heteroatoms. The summed E-state index contributed by atoms with van der Waals surface area (Å²) in [5, 5.41) is 0. The zero-order valence-corrected chi connectivity index (χ0v) is 6.29. The number of carbonyl (C=O) groups excluding carboxylic acids is 1. The molecular formula is C4H6IO3-. The molecule has 48 valence electrons. The number of hydrogen-bond acceptors (Lipinski definition) is 3. The van der Waals surface area contributed by atoms with Crippen LogP contribution in [0.25, 0.3) is 0 Å². The molecule has 1 atom stereocenters. The Morgan fingerprint density at radius 3 is 2.88 bits per heavy atom. The van der Waals surface area contributed by atoms with Gasteiger partial charge in [-0.15, -0.1) is 0 Å². The molecule has 1 rings (SSSR count). The van der Waals surface area contributed by atoms with Crippen LogP contribution in [0.15, 0.2) is 0 Å². The molecular weight excluding hydrogens is 223 g/mol. The third-order valence-electron chi connectivity index (χ3n) is 0.989. The van der Waals surface area contributed by atoms with E-state index in [1.54, 1.807) is 0 Å². The van der Waals surface area contributed by atoms with Crippen molar-refractivity contribution in [2.24, 2.45) is 0 Å². The van der Waals surface area contributed by atoms with E-state index in [1.165, 1.54) is 0 Å². The first-order valence-corrected chi connectivity index (χ1v) is 4.49. The summed E-state index contributed by atoms with van der Waals surface area (Å²) in [7, 11) is 0. The summed E-state index contributed by atoms with van der Waals surface area (Å²) in [6, 6.07) is 0. The van der Waals surface area contributed by atoms with Gasteiger partial charge in [-0.2, -0.15) is 0 Å². The van der Waals surface area contributed by atoms with E-state index in [1.807, 2.05) is 0 Å². The van der Waals surface area contributed by atoms with E-state index >= 15 is 0 Å². The Hall–Kier alpha value is 0.160. The first-order valence-electron chi connectivity index (χ1n) is 2.28. The van der Waals surface area contributed by atoms with Gasteiger partial charge in [0.1, 0.15) is 0 Å². The molecule has 0 aromatic rings. The second-order valence-corrected chi connectivity index (χ2v) is 3.58. The van der Waals surface area contributed by atoms with Crippen LogP contribution in [0.4, 0.5) is 0 Å². The number of hydrogen-bond donors (Lipinski definition) is 1. The second kappa shape index (κ2) is 2.63. The van der Waals surface area contributed by atoms with E-state index < -0.39 is 21.6 Å². The van der Waals surface area contributed by atoms with E-state index in [9.17, 15) is 4.79 Å². The Labute approximate surface area is 57.8 Å². The molecule has 0 bridgehead atoms. The maximum absolute atomic E-state index is 10.5. The summed E-state index contributed by atoms with van der Waals surface area (Å²) < 4.78 is 13.0. The molecule has 0 spiro atoms. The number of alkyl halides is 1. The molecule has 0 aromatic carbocycles. The van der Waals surface area contributed by atoms with Gasteiger partial charge in [0.15, 0.2) is 0 Å². The van der Waals surface area contributed by atoms with Crippen molar-refractivity contribution in [1.82, 2.24) is 0 Å². The van der Waals surface area contributed by atoms with Gasteiger partial charge in [-0.05, 0) is 0 Å². The van der Waals surface area contributed by atoms with Crippen molar-refractivity contribution >= 4 is 5.97 Å². The monoisotopic (exact) mass is 229 g/mol. The molecule has 0 saturated carbocycles.